The van der Waals surface area contributed by atoms with Crippen molar-refractivity contribution in [3.8, 4) is 17.5 Å². The summed E-state index contributed by atoms with van der Waals surface area (Å²) in [7, 11) is 0. The highest BCUT2D eigenvalue weighted by molar-refractivity contribution is 6.32. The molecule has 0 aliphatic rings. The normalized spacial score (nSPS) is 10.3. The van der Waals surface area contributed by atoms with Crippen molar-refractivity contribution in [1.29, 1.82) is 5.26 Å². The van der Waals surface area contributed by atoms with E-state index in [0.29, 0.717) is 17.1 Å². The lowest BCUT2D eigenvalue weighted by Crippen LogP contribution is -2.20. The minimum Gasteiger partial charge on any atom is -0.324 e. The first-order valence-electron chi connectivity index (χ1n) is 7.40. The van der Waals surface area contributed by atoms with E-state index in [9.17, 15) is 4.79 Å². The third-order valence-corrected chi connectivity index (χ3v) is 3.81. The van der Waals surface area contributed by atoms with Crippen molar-refractivity contribution >= 4 is 23.2 Å². The van der Waals surface area contributed by atoms with Crippen LogP contribution in [0.2, 0.25) is 5.02 Å². The Bertz CT molecular complexity index is 975. The maximum absolute atomic E-state index is 12.1. The number of halogens is 1. The molecule has 124 valence electrons. The number of aryl methyl sites for hydroxylation is 1. The van der Waals surface area contributed by atoms with Crippen molar-refractivity contribution in [2.75, 3.05) is 5.32 Å². The molecule has 1 heterocycles. The number of carbonyl (C=O) groups excluding carboxylic acids is 1. The standard InChI is InChI=1S/C17H13ClN6O/c1-11-4-2-3-5-14(11)17-21-23-24(22-17)10-16(25)20-13-7-6-12(9-19)15(18)8-13/h2-8H,10H2,1H3,(H,20,25). The second kappa shape index (κ2) is 7.11. The Labute approximate surface area is 148 Å². The average Bonchev–Trinajstić information content (AvgIpc) is 3.03. The molecule has 7 nitrogen and oxygen atoms in total. The highest BCUT2D eigenvalue weighted by Crippen LogP contribution is 2.20. The average molecular weight is 353 g/mol. The Morgan fingerprint density at radius 2 is 2.12 bits per heavy atom. The summed E-state index contributed by atoms with van der Waals surface area (Å²) in [5, 5.41) is 23.9. The molecule has 1 amide bonds. The van der Waals surface area contributed by atoms with Gasteiger partial charge in [0, 0.05) is 11.3 Å². The molecule has 0 fully saturated rings. The quantitative estimate of drug-likeness (QED) is 0.778. The second-order valence-corrected chi connectivity index (χ2v) is 5.72. The minimum atomic E-state index is -0.325. The molecule has 2 aromatic carbocycles. The van der Waals surface area contributed by atoms with E-state index >= 15 is 0 Å². The number of anilines is 1. The summed E-state index contributed by atoms with van der Waals surface area (Å²) in [4.78, 5) is 13.3. The number of hydrogen-bond donors (Lipinski definition) is 1. The fourth-order valence-corrected chi connectivity index (χ4v) is 2.48. The zero-order valence-electron chi connectivity index (χ0n) is 13.3. The molecule has 3 rings (SSSR count). The van der Waals surface area contributed by atoms with Gasteiger partial charge in [0.25, 0.3) is 0 Å². The molecular weight excluding hydrogens is 340 g/mol. The predicted molar refractivity (Wildman–Crippen MR) is 92.8 cm³/mol. The first-order chi connectivity index (χ1) is 12.1. The maximum Gasteiger partial charge on any atom is 0.248 e. The molecule has 0 spiro atoms. The van der Waals surface area contributed by atoms with Crippen molar-refractivity contribution in [2.45, 2.75) is 13.5 Å². The lowest BCUT2D eigenvalue weighted by atomic mass is 10.1. The summed E-state index contributed by atoms with van der Waals surface area (Å²) in [6.07, 6.45) is 0. The van der Waals surface area contributed by atoms with Gasteiger partial charge in [-0.05, 0) is 35.9 Å². The Morgan fingerprint density at radius 1 is 1.32 bits per heavy atom. The molecule has 25 heavy (non-hydrogen) atoms. The van der Waals surface area contributed by atoms with Gasteiger partial charge in [-0.3, -0.25) is 4.79 Å². The lowest BCUT2D eigenvalue weighted by molar-refractivity contribution is -0.117. The van der Waals surface area contributed by atoms with E-state index in [-0.39, 0.29) is 17.5 Å². The van der Waals surface area contributed by atoms with Crippen LogP contribution in [0.25, 0.3) is 11.4 Å². The van der Waals surface area contributed by atoms with E-state index < -0.39 is 0 Å². The van der Waals surface area contributed by atoms with E-state index in [2.05, 4.69) is 20.7 Å². The SMILES string of the molecule is Cc1ccccc1-c1nnn(CC(=O)Nc2ccc(C#N)c(Cl)c2)n1. The summed E-state index contributed by atoms with van der Waals surface area (Å²) >= 11 is 5.95. The van der Waals surface area contributed by atoms with Crippen molar-refractivity contribution in [2.24, 2.45) is 0 Å². The fourth-order valence-electron chi connectivity index (χ4n) is 2.25. The van der Waals surface area contributed by atoms with Gasteiger partial charge in [-0.1, -0.05) is 35.9 Å². The molecule has 0 bridgehead atoms. The van der Waals surface area contributed by atoms with Crippen molar-refractivity contribution in [3.63, 3.8) is 0 Å². The van der Waals surface area contributed by atoms with Crippen LogP contribution in [0, 0.1) is 18.3 Å². The Hall–Kier alpha value is -3.24. The van der Waals surface area contributed by atoms with Crippen LogP contribution in [0.4, 0.5) is 5.69 Å². The number of amides is 1. The smallest absolute Gasteiger partial charge is 0.248 e. The summed E-state index contributed by atoms with van der Waals surface area (Å²) in [5.41, 5.74) is 2.74. The molecule has 0 unspecified atom stereocenters. The van der Waals surface area contributed by atoms with Gasteiger partial charge in [0.05, 0.1) is 10.6 Å². The third-order valence-electron chi connectivity index (χ3n) is 3.50. The molecule has 3 aromatic rings. The van der Waals surface area contributed by atoms with Gasteiger partial charge in [-0.2, -0.15) is 10.1 Å². The van der Waals surface area contributed by atoms with Gasteiger partial charge in [-0.25, -0.2) is 0 Å². The Kier molecular flexibility index (Phi) is 4.73. The van der Waals surface area contributed by atoms with Crippen LogP contribution in [0.1, 0.15) is 11.1 Å². The van der Waals surface area contributed by atoms with Crippen LogP contribution >= 0.6 is 11.6 Å². The van der Waals surface area contributed by atoms with Gasteiger partial charge in [0.15, 0.2) is 0 Å². The van der Waals surface area contributed by atoms with Crippen LogP contribution in [0.5, 0.6) is 0 Å². The zero-order valence-corrected chi connectivity index (χ0v) is 14.0. The molecule has 8 heteroatoms. The van der Waals surface area contributed by atoms with E-state index in [1.54, 1.807) is 12.1 Å². The first-order valence-corrected chi connectivity index (χ1v) is 7.78. The topological polar surface area (TPSA) is 96.5 Å². The van der Waals surface area contributed by atoms with Gasteiger partial charge >= 0.3 is 0 Å². The lowest BCUT2D eigenvalue weighted by Gasteiger charge is -2.05. The monoisotopic (exact) mass is 352 g/mol. The number of nitriles is 1. The predicted octanol–water partition coefficient (Wildman–Crippen LogP) is 2.81. The number of tetrazole rings is 1. The number of nitrogens with zero attached hydrogens (tertiary/aromatic N) is 5. The van der Waals surface area contributed by atoms with Crippen LogP contribution < -0.4 is 5.32 Å². The van der Waals surface area contributed by atoms with Gasteiger partial charge in [0.1, 0.15) is 12.6 Å². The molecule has 0 aliphatic heterocycles. The van der Waals surface area contributed by atoms with Crippen molar-refractivity contribution in [1.82, 2.24) is 20.2 Å². The summed E-state index contributed by atoms with van der Waals surface area (Å²) in [6, 6.07) is 14.3. The van der Waals surface area contributed by atoms with Gasteiger partial charge in [0.2, 0.25) is 11.7 Å². The van der Waals surface area contributed by atoms with Crippen LogP contribution in [0.15, 0.2) is 42.5 Å². The number of carbonyl (C=O) groups is 1. The number of nitrogens with one attached hydrogen (secondary N) is 1. The molecule has 0 saturated carbocycles. The van der Waals surface area contributed by atoms with E-state index in [1.165, 1.54) is 10.9 Å². The Balaban J connectivity index is 1.69. The van der Waals surface area contributed by atoms with Crippen LogP contribution in [-0.2, 0) is 11.3 Å². The molecule has 0 aliphatic carbocycles. The number of aromatic nitrogens is 4. The number of rotatable bonds is 4. The summed E-state index contributed by atoms with van der Waals surface area (Å²) in [5.74, 6) is 0.141. The largest absolute Gasteiger partial charge is 0.324 e. The molecule has 1 aromatic heterocycles. The van der Waals surface area contributed by atoms with E-state index in [0.717, 1.165) is 11.1 Å². The molecule has 1 N–H and O–H groups in total. The van der Waals surface area contributed by atoms with Crippen molar-refractivity contribution in [3.05, 3.63) is 58.6 Å². The zero-order chi connectivity index (χ0) is 17.8. The fraction of sp³-hybridized carbons (Fsp3) is 0.118. The molecular formula is C17H13ClN6O. The van der Waals surface area contributed by atoms with E-state index in [4.69, 9.17) is 16.9 Å². The molecule has 0 atom stereocenters. The van der Waals surface area contributed by atoms with Crippen LogP contribution in [-0.4, -0.2) is 26.1 Å². The maximum atomic E-state index is 12.1. The second-order valence-electron chi connectivity index (χ2n) is 5.31. The molecule has 0 saturated heterocycles. The Morgan fingerprint density at radius 3 is 2.84 bits per heavy atom. The van der Waals surface area contributed by atoms with Crippen LogP contribution in [0.3, 0.4) is 0 Å². The number of hydrogen-bond acceptors (Lipinski definition) is 5. The molecule has 0 radical (unpaired) electrons. The van der Waals surface area contributed by atoms with E-state index in [1.807, 2.05) is 37.3 Å². The third kappa shape index (κ3) is 3.82. The minimum absolute atomic E-state index is 0.0868. The first kappa shape index (κ1) is 16.6. The highest BCUT2D eigenvalue weighted by Gasteiger charge is 2.11. The van der Waals surface area contributed by atoms with Gasteiger partial charge < -0.3 is 5.32 Å². The highest BCUT2D eigenvalue weighted by atomic mass is 35.5. The summed E-state index contributed by atoms with van der Waals surface area (Å²) in [6.45, 7) is 1.87. The number of benzene rings is 2. The summed E-state index contributed by atoms with van der Waals surface area (Å²) < 4.78 is 0. The van der Waals surface area contributed by atoms with Crippen molar-refractivity contribution < 1.29 is 4.79 Å². The van der Waals surface area contributed by atoms with Gasteiger partial charge in [-0.15, -0.1) is 10.2 Å².